The topological polar surface area (TPSA) is 40.5 Å². The summed E-state index contributed by atoms with van der Waals surface area (Å²) in [7, 11) is 0. The number of aliphatic hydroxyl groups is 1. The number of carbonyl (C=O) groups is 1. The van der Waals surface area contributed by atoms with Crippen LogP contribution < -0.4 is 0 Å². The Morgan fingerprint density at radius 3 is 2.35 bits per heavy atom. The largest absolute Gasteiger partial charge is 0.416 e. The third-order valence-corrected chi connectivity index (χ3v) is 6.57. The highest BCUT2D eigenvalue weighted by molar-refractivity contribution is 5.81. The van der Waals surface area contributed by atoms with E-state index in [1.165, 1.54) is 6.07 Å². The van der Waals surface area contributed by atoms with Crippen molar-refractivity contribution in [2.24, 2.45) is 11.3 Å². The van der Waals surface area contributed by atoms with Gasteiger partial charge in [0.15, 0.2) is 0 Å². The maximum atomic E-state index is 13.1. The molecule has 1 N–H and O–H groups in total. The number of halogens is 3. The van der Waals surface area contributed by atoms with E-state index in [0.29, 0.717) is 31.5 Å². The standard InChI is InChI=1S/C20H24F3NO2/c1-12-15(4-3-5-16(12)20(21,22)23)13-8-19(9-13)10-24(11-19)17(25)14-6-18(2,26)7-14/h3-5,13-14,26H,6-11H2,1-2H3. The lowest BCUT2D eigenvalue weighted by Crippen LogP contribution is -2.65. The third kappa shape index (κ3) is 2.82. The van der Waals surface area contributed by atoms with Gasteiger partial charge < -0.3 is 10.0 Å². The summed E-state index contributed by atoms with van der Waals surface area (Å²) < 4.78 is 39.3. The summed E-state index contributed by atoms with van der Waals surface area (Å²) in [4.78, 5) is 14.2. The Morgan fingerprint density at radius 1 is 1.19 bits per heavy atom. The first-order valence-corrected chi connectivity index (χ1v) is 9.18. The van der Waals surface area contributed by atoms with Crippen LogP contribution in [-0.2, 0) is 11.0 Å². The zero-order valence-corrected chi connectivity index (χ0v) is 15.1. The molecule has 0 aromatic heterocycles. The molecule has 3 fully saturated rings. The molecule has 4 rings (SSSR count). The number of nitrogens with zero attached hydrogens (tertiary/aromatic N) is 1. The van der Waals surface area contributed by atoms with E-state index in [4.69, 9.17) is 0 Å². The first kappa shape index (κ1) is 17.8. The Morgan fingerprint density at radius 2 is 1.81 bits per heavy atom. The van der Waals surface area contributed by atoms with Gasteiger partial charge in [0.25, 0.3) is 0 Å². The molecule has 1 spiro atoms. The number of benzene rings is 1. The van der Waals surface area contributed by atoms with Crippen molar-refractivity contribution in [3.8, 4) is 0 Å². The Hall–Kier alpha value is -1.56. The highest BCUT2D eigenvalue weighted by atomic mass is 19.4. The molecular formula is C20H24F3NO2. The van der Waals surface area contributed by atoms with Gasteiger partial charge in [-0.1, -0.05) is 12.1 Å². The highest BCUT2D eigenvalue weighted by Gasteiger charge is 2.56. The minimum absolute atomic E-state index is 0.0658. The van der Waals surface area contributed by atoms with Crippen molar-refractivity contribution in [3.63, 3.8) is 0 Å². The number of alkyl halides is 3. The van der Waals surface area contributed by atoms with Crippen LogP contribution in [0.3, 0.4) is 0 Å². The average molecular weight is 367 g/mol. The number of likely N-dealkylation sites (tertiary alicyclic amines) is 1. The van der Waals surface area contributed by atoms with Gasteiger partial charge in [-0.05, 0) is 62.6 Å². The molecule has 3 aliphatic rings. The molecule has 1 heterocycles. The van der Waals surface area contributed by atoms with E-state index in [-0.39, 0.29) is 23.2 Å². The normalized spacial score (nSPS) is 30.5. The first-order valence-electron chi connectivity index (χ1n) is 9.18. The maximum Gasteiger partial charge on any atom is 0.416 e. The molecule has 2 saturated carbocycles. The second-order valence-corrected chi connectivity index (χ2v) is 8.92. The first-order chi connectivity index (χ1) is 12.0. The van der Waals surface area contributed by atoms with Crippen LogP contribution in [0.5, 0.6) is 0 Å². The van der Waals surface area contributed by atoms with E-state index in [2.05, 4.69) is 0 Å². The van der Waals surface area contributed by atoms with Crippen LogP contribution in [-0.4, -0.2) is 34.6 Å². The van der Waals surface area contributed by atoms with Crippen LogP contribution in [0, 0.1) is 18.3 Å². The van der Waals surface area contributed by atoms with Crippen molar-refractivity contribution >= 4 is 5.91 Å². The molecule has 0 atom stereocenters. The Bertz CT molecular complexity index is 734. The molecule has 1 saturated heterocycles. The van der Waals surface area contributed by atoms with Gasteiger partial charge in [0.1, 0.15) is 0 Å². The molecule has 26 heavy (non-hydrogen) atoms. The minimum Gasteiger partial charge on any atom is -0.390 e. The quantitative estimate of drug-likeness (QED) is 0.862. The molecule has 1 aromatic rings. The van der Waals surface area contributed by atoms with E-state index < -0.39 is 17.3 Å². The molecule has 6 heteroatoms. The molecule has 0 radical (unpaired) electrons. The second-order valence-electron chi connectivity index (χ2n) is 8.92. The number of rotatable bonds is 2. The molecular weight excluding hydrogens is 343 g/mol. The van der Waals surface area contributed by atoms with E-state index in [0.717, 1.165) is 24.5 Å². The summed E-state index contributed by atoms with van der Waals surface area (Å²) in [6.07, 6.45) is -1.56. The molecule has 2 aliphatic carbocycles. The van der Waals surface area contributed by atoms with Gasteiger partial charge in [0.2, 0.25) is 5.91 Å². The van der Waals surface area contributed by atoms with E-state index in [1.807, 2.05) is 4.90 Å². The minimum atomic E-state index is -4.31. The lowest BCUT2D eigenvalue weighted by molar-refractivity contribution is -0.168. The number of carbonyl (C=O) groups excluding carboxylic acids is 1. The van der Waals surface area contributed by atoms with Crippen LogP contribution >= 0.6 is 0 Å². The van der Waals surface area contributed by atoms with Crippen LogP contribution in [0.1, 0.15) is 55.2 Å². The van der Waals surface area contributed by atoms with Gasteiger partial charge in [0.05, 0.1) is 11.2 Å². The predicted molar refractivity (Wildman–Crippen MR) is 90.5 cm³/mol. The molecule has 3 nitrogen and oxygen atoms in total. The summed E-state index contributed by atoms with van der Waals surface area (Å²) in [5.74, 6) is 0.212. The van der Waals surface area contributed by atoms with Gasteiger partial charge in [-0.15, -0.1) is 0 Å². The lowest BCUT2D eigenvalue weighted by Gasteiger charge is -2.60. The summed E-state index contributed by atoms with van der Waals surface area (Å²) >= 11 is 0. The van der Waals surface area contributed by atoms with Crippen LogP contribution in [0.25, 0.3) is 0 Å². The fourth-order valence-electron chi connectivity index (χ4n) is 5.22. The Balaban J connectivity index is 1.35. The van der Waals surface area contributed by atoms with Crippen LogP contribution in [0.15, 0.2) is 18.2 Å². The zero-order valence-electron chi connectivity index (χ0n) is 15.1. The van der Waals surface area contributed by atoms with Crippen molar-refractivity contribution < 1.29 is 23.1 Å². The fourth-order valence-corrected chi connectivity index (χ4v) is 5.22. The van der Waals surface area contributed by atoms with Gasteiger partial charge in [-0.25, -0.2) is 0 Å². The third-order valence-electron chi connectivity index (χ3n) is 6.57. The molecule has 1 aromatic carbocycles. The predicted octanol–water partition coefficient (Wildman–Crippen LogP) is 3.88. The summed E-state index contributed by atoms with van der Waals surface area (Å²) in [5, 5.41) is 9.78. The van der Waals surface area contributed by atoms with Gasteiger partial charge in [-0.2, -0.15) is 13.2 Å². The van der Waals surface area contributed by atoms with Crippen LogP contribution in [0.2, 0.25) is 0 Å². The zero-order chi connectivity index (χ0) is 18.9. The Labute approximate surface area is 151 Å². The SMILES string of the molecule is Cc1c(C2CC3(C2)CN(C(=O)C2CC(C)(O)C2)C3)cccc1C(F)(F)F. The van der Waals surface area contributed by atoms with Gasteiger partial charge in [-0.3, -0.25) is 4.79 Å². The Kier molecular flexibility index (Phi) is 3.75. The lowest BCUT2D eigenvalue weighted by atomic mass is 9.55. The molecule has 0 unspecified atom stereocenters. The van der Waals surface area contributed by atoms with E-state index >= 15 is 0 Å². The fraction of sp³-hybridized carbons (Fsp3) is 0.650. The van der Waals surface area contributed by atoms with E-state index in [1.54, 1.807) is 19.9 Å². The number of hydrogen-bond donors (Lipinski definition) is 1. The van der Waals surface area contributed by atoms with Crippen molar-refractivity contribution in [1.29, 1.82) is 0 Å². The highest BCUT2D eigenvalue weighted by Crippen LogP contribution is 2.57. The van der Waals surface area contributed by atoms with E-state index in [9.17, 15) is 23.1 Å². The van der Waals surface area contributed by atoms with Crippen molar-refractivity contribution in [2.45, 2.75) is 57.2 Å². The summed E-state index contributed by atoms with van der Waals surface area (Å²) in [5.41, 5.74) is -0.0221. The summed E-state index contributed by atoms with van der Waals surface area (Å²) in [6.45, 7) is 4.72. The number of hydrogen-bond acceptors (Lipinski definition) is 2. The molecule has 0 bridgehead atoms. The summed E-state index contributed by atoms with van der Waals surface area (Å²) in [6, 6.07) is 4.44. The maximum absolute atomic E-state index is 13.1. The van der Waals surface area contributed by atoms with Crippen LogP contribution in [0.4, 0.5) is 13.2 Å². The van der Waals surface area contributed by atoms with Crippen molar-refractivity contribution in [3.05, 3.63) is 34.9 Å². The molecule has 1 aliphatic heterocycles. The smallest absolute Gasteiger partial charge is 0.390 e. The van der Waals surface area contributed by atoms with Crippen molar-refractivity contribution in [2.75, 3.05) is 13.1 Å². The molecule has 142 valence electrons. The van der Waals surface area contributed by atoms with Gasteiger partial charge in [0, 0.05) is 24.4 Å². The van der Waals surface area contributed by atoms with Gasteiger partial charge >= 0.3 is 6.18 Å². The van der Waals surface area contributed by atoms with Crippen molar-refractivity contribution in [1.82, 2.24) is 4.90 Å². The second kappa shape index (κ2) is 5.47. The monoisotopic (exact) mass is 367 g/mol. The molecule has 1 amide bonds. The number of amides is 1. The average Bonchev–Trinajstić information content (AvgIpc) is 2.41.